The van der Waals surface area contributed by atoms with E-state index in [1.807, 2.05) is 41.1 Å². The standard InChI is InChI=1S/C9H10N4.ClH/c10-12-9-6-13(7-11-9)8-4-2-1-3-5-8;/h1-7,12H,10H2;1H. The smallest absolute Gasteiger partial charge is 0.158 e. The molecule has 0 saturated carbocycles. The van der Waals surface area contributed by atoms with Gasteiger partial charge in [-0.2, -0.15) is 0 Å². The Kier molecular flexibility index (Phi) is 3.50. The van der Waals surface area contributed by atoms with Gasteiger partial charge in [-0.3, -0.25) is 0 Å². The first-order chi connectivity index (χ1) is 6.40. The van der Waals surface area contributed by atoms with E-state index >= 15 is 0 Å². The number of rotatable bonds is 2. The van der Waals surface area contributed by atoms with Gasteiger partial charge in [0.15, 0.2) is 5.82 Å². The van der Waals surface area contributed by atoms with Crippen LogP contribution >= 0.6 is 12.4 Å². The van der Waals surface area contributed by atoms with E-state index in [2.05, 4.69) is 10.4 Å². The third-order valence-electron chi connectivity index (χ3n) is 1.78. The number of halogens is 1. The molecule has 0 saturated heterocycles. The minimum atomic E-state index is 0. The van der Waals surface area contributed by atoms with Gasteiger partial charge in [-0.25, -0.2) is 10.8 Å². The van der Waals surface area contributed by atoms with Gasteiger partial charge in [-0.15, -0.1) is 12.4 Å². The molecule has 0 bridgehead atoms. The van der Waals surface area contributed by atoms with Crippen molar-refractivity contribution in [1.29, 1.82) is 0 Å². The number of nitrogens with two attached hydrogens (primary N) is 1. The molecule has 0 aliphatic heterocycles. The summed E-state index contributed by atoms with van der Waals surface area (Å²) in [5.41, 5.74) is 3.55. The molecular formula is C9H11ClN4. The highest BCUT2D eigenvalue weighted by atomic mass is 35.5. The lowest BCUT2D eigenvalue weighted by Crippen LogP contribution is -2.06. The molecule has 5 heteroatoms. The molecule has 0 radical (unpaired) electrons. The molecule has 0 spiro atoms. The molecule has 0 aliphatic rings. The molecule has 1 aromatic heterocycles. The molecule has 14 heavy (non-hydrogen) atoms. The van der Waals surface area contributed by atoms with Crippen LogP contribution in [0.1, 0.15) is 0 Å². The zero-order chi connectivity index (χ0) is 9.10. The topological polar surface area (TPSA) is 55.9 Å². The van der Waals surface area contributed by atoms with Gasteiger partial charge in [-0.05, 0) is 12.1 Å². The fourth-order valence-electron chi connectivity index (χ4n) is 1.14. The monoisotopic (exact) mass is 210 g/mol. The van der Waals surface area contributed by atoms with Gasteiger partial charge in [0.2, 0.25) is 0 Å². The highest BCUT2D eigenvalue weighted by Crippen LogP contribution is 2.09. The highest BCUT2D eigenvalue weighted by molar-refractivity contribution is 5.85. The molecule has 1 aromatic carbocycles. The van der Waals surface area contributed by atoms with Crippen LogP contribution in [0.5, 0.6) is 0 Å². The molecule has 0 aliphatic carbocycles. The van der Waals surface area contributed by atoms with Gasteiger partial charge in [0, 0.05) is 5.69 Å². The SMILES string of the molecule is Cl.NNc1cn(-c2ccccc2)cn1. The van der Waals surface area contributed by atoms with Crippen molar-refractivity contribution in [2.45, 2.75) is 0 Å². The Labute approximate surface area is 88.1 Å². The Morgan fingerprint density at radius 1 is 1.21 bits per heavy atom. The minimum absolute atomic E-state index is 0. The van der Waals surface area contributed by atoms with Crippen molar-refractivity contribution in [2.75, 3.05) is 5.43 Å². The quantitative estimate of drug-likeness (QED) is 0.585. The van der Waals surface area contributed by atoms with Crippen molar-refractivity contribution < 1.29 is 0 Å². The predicted octanol–water partition coefficient (Wildman–Crippen LogP) is 1.58. The summed E-state index contributed by atoms with van der Waals surface area (Å²) in [6, 6.07) is 9.93. The molecule has 74 valence electrons. The molecule has 0 unspecified atom stereocenters. The number of hydrogen-bond acceptors (Lipinski definition) is 3. The van der Waals surface area contributed by atoms with Gasteiger partial charge in [-0.1, -0.05) is 18.2 Å². The number of nitrogens with zero attached hydrogens (tertiary/aromatic N) is 2. The average Bonchev–Trinajstić information content (AvgIpc) is 2.67. The van der Waals surface area contributed by atoms with Gasteiger partial charge in [0.05, 0.1) is 6.20 Å². The molecule has 1 heterocycles. The summed E-state index contributed by atoms with van der Waals surface area (Å²) >= 11 is 0. The van der Waals surface area contributed by atoms with Crippen LogP contribution in [0, 0.1) is 0 Å². The largest absolute Gasteiger partial charge is 0.307 e. The zero-order valence-electron chi connectivity index (χ0n) is 7.42. The number of para-hydroxylation sites is 1. The van der Waals surface area contributed by atoms with Crippen molar-refractivity contribution in [3.8, 4) is 5.69 Å². The zero-order valence-corrected chi connectivity index (χ0v) is 8.24. The average molecular weight is 211 g/mol. The van der Waals surface area contributed by atoms with Crippen molar-refractivity contribution in [2.24, 2.45) is 5.84 Å². The molecule has 4 nitrogen and oxygen atoms in total. The van der Waals surface area contributed by atoms with Crippen LogP contribution in [0.2, 0.25) is 0 Å². The Morgan fingerprint density at radius 2 is 1.93 bits per heavy atom. The third kappa shape index (κ3) is 2.04. The normalized spacial score (nSPS) is 9.21. The first-order valence-electron chi connectivity index (χ1n) is 3.96. The van der Waals surface area contributed by atoms with Crippen LogP contribution < -0.4 is 11.3 Å². The third-order valence-corrected chi connectivity index (χ3v) is 1.78. The van der Waals surface area contributed by atoms with Crippen LogP contribution in [-0.2, 0) is 0 Å². The molecule has 2 rings (SSSR count). The highest BCUT2D eigenvalue weighted by Gasteiger charge is 1.96. The van der Waals surface area contributed by atoms with E-state index in [4.69, 9.17) is 5.84 Å². The van der Waals surface area contributed by atoms with Gasteiger partial charge in [0.25, 0.3) is 0 Å². The number of aromatic nitrogens is 2. The number of benzene rings is 1. The van der Waals surface area contributed by atoms with E-state index in [1.165, 1.54) is 0 Å². The maximum atomic E-state index is 5.22. The first-order valence-corrected chi connectivity index (χ1v) is 3.96. The van der Waals surface area contributed by atoms with E-state index in [-0.39, 0.29) is 12.4 Å². The Morgan fingerprint density at radius 3 is 2.50 bits per heavy atom. The van der Waals surface area contributed by atoms with E-state index in [1.54, 1.807) is 6.33 Å². The maximum Gasteiger partial charge on any atom is 0.158 e. The second-order valence-corrected chi connectivity index (χ2v) is 2.65. The van der Waals surface area contributed by atoms with Crippen molar-refractivity contribution in [3.63, 3.8) is 0 Å². The second-order valence-electron chi connectivity index (χ2n) is 2.65. The number of hydrazine groups is 1. The number of nitrogen functional groups attached to an aromatic ring is 1. The molecular weight excluding hydrogens is 200 g/mol. The van der Waals surface area contributed by atoms with E-state index in [0.717, 1.165) is 5.69 Å². The maximum absolute atomic E-state index is 5.22. The van der Waals surface area contributed by atoms with Gasteiger partial charge in [0.1, 0.15) is 6.33 Å². The number of hydrogen-bond donors (Lipinski definition) is 2. The lowest BCUT2D eigenvalue weighted by Gasteiger charge is -1.99. The number of anilines is 1. The van der Waals surface area contributed by atoms with Gasteiger partial charge < -0.3 is 9.99 Å². The lowest BCUT2D eigenvalue weighted by atomic mass is 10.3. The predicted molar refractivity (Wildman–Crippen MR) is 58.6 cm³/mol. The van der Waals surface area contributed by atoms with Crippen LogP contribution in [0.4, 0.5) is 5.82 Å². The lowest BCUT2D eigenvalue weighted by molar-refractivity contribution is 1.06. The van der Waals surface area contributed by atoms with E-state index in [0.29, 0.717) is 5.82 Å². The summed E-state index contributed by atoms with van der Waals surface area (Å²) in [5.74, 6) is 5.87. The van der Waals surface area contributed by atoms with Gasteiger partial charge >= 0.3 is 0 Å². The van der Waals surface area contributed by atoms with Crippen molar-refractivity contribution >= 4 is 18.2 Å². The van der Waals surface area contributed by atoms with E-state index < -0.39 is 0 Å². The fraction of sp³-hybridized carbons (Fsp3) is 0. The summed E-state index contributed by atoms with van der Waals surface area (Å²) in [4.78, 5) is 4.04. The summed E-state index contributed by atoms with van der Waals surface area (Å²) in [6.45, 7) is 0. The first kappa shape index (κ1) is 10.6. The molecule has 3 N–H and O–H groups in total. The van der Waals surface area contributed by atoms with Crippen LogP contribution in [0.25, 0.3) is 5.69 Å². The summed E-state index contributed by atoms with van der Waals surface area (Å²) < 4.78 is 1.90. The van der Waals surface area contributed by atoms with Crippen molar-refractivity contribution in [1.82, 2.24) is 9.55 Å². The summed E-state index contributed by atoms with van der Waals surface area (Å²) in [5, 5.41) is 0. The Balaban J connectivity index is 0.000000980. The van der Waals surface area contributed by atoms with Crippen LogP contribution in [-0.4, -0.2) is 9.55 Å². The van der Waals surface area contributed by atoms with Crippen LogP contribution in [0.15, 0.2) is 42.9 Å². The van der Waals surface area contributed by atoms with Crippen molar-refractivity contribution in [3.05, 3.63) is 42.9 Å². The Bertz CT molecular complexity index is 385. The summed E-state index contributed by atoms with van der Waals surface area (Å²) in [6.07, 6.45) is 3.54. The second kappa shape index (κ2) is 4.64. The molecule has 2 aromatic rings. The number of imidazole rings is 1. The minimum Gasteiger partial charge on any atom is -0.307 e. The summed E-state index contributed by atoms with van der Waals surface area (Å²) in [7, 11) is 0. The number of nitrogens with one attached hydrogen (secondary N) is 1. The molecule has 0 amide bonds. The molecule has 0 fully saturated rings. The Hall–Kier alpha value is -1.52. The molecule has 0 atom stereocenters. The van der Waals surface area contributed by atoms with Crippen LogP contribution in [0.3, 0.4) is 0 Å². The fourth-order valence-corrected chi connectivity index (χ4v) is 1.14. The van der Waals surface area contributed by atoms with E-state index in [9.17, 15) is 0 Å².